The standard InChI is InChI=1S/C22H29ClF2N4O2/c23-16-1-2-18(26)15(11-16)14-28-7-9-29(10-8-28)19(30)13-27-20(31)17-12-21(17)3-5-22(24,25)6-4-21/h1-2,11,17H,3-10,12-14,26H2,(H,27,31)/i14D2. The molecule has 2 saturated carbocycles. The highest BCUT2D eigenvalue weighted by atomic mass is 35.5. The number of rotatable bonds is 5. The summed E-state index contributed by atoms with van der Waals surface area (Å²) in [6, 6.07) is 4.69. The SMILES string of the molecule is [2H]C([2H])(c1cc(Cl)ccc1N)N1CCN(C(=O)CNC(=O)C2CC23CCC(F)(F)CC3)CC1. The number of nitrogens with one attached hydrogen (secondary N) is 1. The predicted molar refractivity (Wildman–Crippen MR) is 115 cm³/mol. The molecule has 3 N–H and O–H groups in total. The first kappa shape index (κ1) is 19.7. The maximum Gasteiger partial charge on any atom is 0.248 e. The van der Waals surface area contributed by atoms with Gasteiger partial charge in [-0.2, -0.15) is 0 Å². The van der Waals surface area contributed by atoms with E-state index < -0.39 is 12.4 Å². The average molecular weight is 457 g/mol. The van der Waals surface area contributed by atoms with Crippen LogP contribution in [0.3, 0.4) is 0 Å². The van der Waals surface area contributed by atoms with Crippen LogP contribution in [0.2, 0.25) is 5.02 Å². The van der Waals surface area contributed by atoms with Gasteiger partial charge in [0.1, 0.15) is 0 Å². The second-order valence-electron chi connectivity index (χ2n) is 8.90. The molecule has 4 rings (SSSR count). The van der Waals surface area contributed by atoms with Crippen LogP contribution in [-0.2, 0) is 16.1 Å². The molecule has 1 spiro atoms. The third-order valence-corrected chi connectivity index (χ3v) is 7.06. The lowest BCUT2D eigenvalue weighted by atomic mass is 9.82. The number of alkyl halides is 2. The van der Waals surface area contributed by atoms with Gasteiger partial charge in [-0.3, -0.25) is 14.5 Å². The molecule has 1 aromatic carbocycles. The van der Waals surface area contributed by atoms with Crippen molar-refractivity contribution >= 4 is 29.1 Å². The molecule has 31 heavy (non-hydrogen) atoms. The number of hydrogen-bond donors (Lipinski definition) is 2. The fraction of sp³-hybridized carbons (Fsp3) is 0.636. The van der Waals surface area contributed by atoms with Gasteiger partial charge in [-0.1, -0.05) is 11.6 Å². The van der Waals surface area contributed by atoms with E-state index in [0.29, 0.717) is 61.7 Å². The molecule has 9 heteroatoms. The molecule has 2 aliphatic carbocycles. The third-order valence-electron chi connectivity index (χ3n) is 6.82. The molecule has 3 aliphatic rings. The van der Waals surface area contributed by atoms with E-state index in [1.165, 1.54) is 6.07 Å². The first-order valence-corrected chi connectivity index (χ1v) is 11.1. The number of nitrogens with zero attached hydrogens (tertiary/aromatic N) is 2. The van der Waals surface area contributed by atoms with Gasteiger partial charge >= 0.3 is 0 Å². The second-order valence-corrected chi connectivity index (χ2v) is 9.34. The fourth-order valence-corrected chi connectivity index (χ4v) is 4.82. The van der Waals surface area contributed by atoms with Crippen molar-refractivity contribution in [3.63, 3.8) is 0 Å². The van der Waals surface area contributed by atoms with Crippen LogP contribution < -0.4 is 11.1 Å². The van der Waals surface area contributed by atoms with E-state index in [2.05, 4.69) is 5.32 Å². The molecule has 1 unspecified atom stereocenters. The van der Waals surface area contributed by atoms with Crippen LogP contribution in [0.1, 0.15) is 40.4 Å². The maximum absolute atomic E-state index is 13.4. The Bertz CT molecular complexity index is 931. The Hall–Kier alpha value is -1.93. The van der Waals surface area contributed by atoms with E-state index >= 15 is 0 Å². The molecule has 1 atom stereocenters. The number of carbonyl (C=O) groups excluding carboxylic acids is 2. The van der Waals surface area contributed by atoms with Gasteiger partial charge in [0.25, 0.3) is 0 Å². The minimum Gasteiger partial charge on any atom is -0.398 e. The molecular weight excluding hydrogens is 426 g/mol. The van der Waals surface area contributed by atoms with E-state index in [1.807, 2.05) is 0 Å². The summed E-state index contributed by atoms with van der Waals surface area (Å²) in [5, 5.41) is 3.07. The van der Waals surface area contributed by atoms with Crippen molar-refractivity contribution in [1.29, 1.82) is 0 Å². The van der Waals surface area contributed by atoms with Crippen molar-refractivity contribution < 1.29 is 21.1 Å². The smallest absolute Gasteiger partial charge is 0.248 e. The maximum atomic E-state index is 13.4. The van der Waals surface area contributed by atoms with Crippen molar-refractivity contribution in [2.75, 3.05) is 38.5 Å². The lowest BCUT2D eigenvalue weighted by Gasteiger charge is -2.35. The lowest BCUT2D eigenvalue weighted by molar-refractivity contribution is -0.135. The summed E-state index contributed by atoms with van der Waals surface area (Å²) >= 11 is 6.01. The fourth-order valence-electron chi connectivity index (χ4n) is 4.65. The normalized spacial score (nSPS) is 26.2. The predicted octanol–water partition coefficient (Wildman–Crippen LogP) is 2.90. The van der Waals surface area contributed by atoms with Gasteiger partial charge in [-0.05, 0) is 48.4 Å². The minimum absolute atomic E-state index is 0.143. The van der Waals surface area contributed by atoms with Crippen molar-refractivity contribution in [2.24, 2.45) is 11.3 Å². The summed E-state index contributed by atoms with van der Waals surface area (Å²) in [6.07, 6.45) is 0.979. The molecule has 1 aliphatic heterocycles. The van der Waals surface area contributed by atoms with E-state index in [0.717, 1.165) is 0 Å². The summed E-state index contributed by atoms with van der Waals surface area (Å²) < 4.78 is 43.9. The van der Waals surface area contributed by atoms with Crippen molar-refractivity contribution in [3.05, 3.63) is 28.8 Å². The van der Waals surface area contributed by atoms with Gasteiger partial charge in [0.2, 0.25) is 17.7 Å². The quantitative estimate of drug-likeness (QED) is 0.668. The number of benzene rings is 1. The second kappa shape index (κ2) is 8.54. The van der Waals surface area contributed by atoms with Crippen LogP contribution in [0, 0.1) is 11.3 Å². The Labute approximate surface area is 188 Å². The van der Waals surface area contributed by atoms with Gasteiger partial charge in [-0.15, -0.1) is 0 Å². The molecule has 0 aromatic heterocycles. The first-order chi connectivity index (χ1) is 15.4. The van der Waals surface area contributed by atoms with Crippen LogP contribution in [-0.4, -0.2) is 60.3 Å². The first-order valence-electron chi connectivity index (χ1n) is 11.7. The number of amides is 2. The number of nitrogens with two attached hydrogens (primary N) is 1. The molecule has 0 bridgehead atoms. The van der Waals surface area contributed by atoms with E-state index in [9.17, 15) is 18.4 Å². The molecule has 6 nitrogen and oxygen atoms in total. The number of halogens is 3. The number of piperazine rings is 1. The number of carbonyl (C=O) groups is 2. The van der Waals surface area contributed by atoms with Gasteiger partial charge in [-0.25, -0.2) is 8.78 Å². The van der Waals surface area contributed by atoms with Crippen molar-refractivity contribution in [1.82, 2.24) is 15.1 Å². The highest BCUT2D eigenvalue weighted by molar-refractivity contribution is 6.30. The van der Waals surface area contributed by atoms with Gasteiger partial charge in [0, 0.05) is 64.9 Å². The van der Waals surface area contributed by atoms with Crippen LogP contribution in [0.4, 0.5) is 14.5 Å². The molecule has 1 heterocycles. The van der Waals surface area contributed by atoms with E-state index in [4.69, 9.17) is 20.1 Å². The average Bonchev–Trinajstić information content (AvgIpc) is 3.50. The molecule has 170 valence electrons. The third kappa shape index (κ3) is 5.12. The van der Waals surface area contributed by atoms with Crippen molar-refractivity contribution in [3.8, 4) is 0 Å². The summed E-state index contributed by atoms with van der Waals surface area (Å²) in [5.74, 6) is -3.38. The Balaban J connectivity index is 1.25. The number of nitrogen functional groups attached to an aromatic ring is 1. The molecule has 3 fully saturated rings. The zero-order valence-electron chi connectivity index (χ0n) is 19.3. The van der Waals surface area contributed by atoms with E-state index in [-0.39, 0.29) is 42.5 Å². The van der Waals surface area contributed by atoms with Gasteiger partial charge < -0.3 is 16.0 Å². The summed E-state index contributed by atoms with van der Waals surface area (Å²) in [6.45, 7) is -0.740. The Morgan fingerprint density at radius 3 is 2.55 bits per heavy atom. The topological polar surface area (TPSA) is 78.7 Å². The van der Waals surface area contributed by atoms with Gasteiger partial charge in [0.15, 0.2) is 0 Å². The lowest BCUT2D eigenvalue weighted by Crippen LogP contribution is -2.51. The largest absolute Gasteiger partial charge is 0.398 e. The molecule has 0 radical (unpaired) electrons. The Morgan fingerprint density at radius 1 is 1.19 bits per heavy atom. The summed E-state index contributed by atoms with van der Waals surface area (Å²) in [5.41, 5.74) is 6.24. The minimum atomic E-state index is -2.62. The van der Waals surface area contributed by atoms with Crippen LogP contribution in [0.15, 0.2) is 18.2 Å². The molecule has 1 saturated heterocycles. The molecule has 1 aromatic rings. The number of hydrogen-bond acceptors (Lipinski definition) is 4. The van der Waals surface area contributed by atoms with Crippen LogP contribution in [0.25, 0.3) is 0 Å². The zero-order valence-corrected chi connectivity index (χ0v) is 18.1. The van der Waals surface area contributed by atoms with Crippen molar-refractivity contribution in [2.45, 2.75) is 44.5 Å². The summed E-state index contributed by atoms with van der Waals surface area (Å²) in [7, 11) is 0. The monoisotopic (exact) mass is 456 g/mol. The molecule has 2 amide bonds. The van der Waals surface area contributed by atoms with Crippen LogP contribution >= 0.6 is 11.6 Å². The highest BCUT2D eigenvalue weighted by Gasteiger charge is 2.60. The summed E-state index contributed by atoms with van der Waals surface area (Å²) in [4.78, 5) is 28.3. The Morgan fingerprint density at radius 2 is 1.87 bits per heavy atom. The molecular formula is C22H29ClF2N4O2. The van der Waals surface area contributed by atoms with Crippen LogP contribution in [0.5, 0.6) is 0 Å². The number of anilines is 1. The van der Waals surface area contributed by atoms with Gasteiger partial charge in [0.05, 0.1) is 6.54 Å². The Kier molecular flexibility index (Phi) is 5.44. The highest BCUT2D eigenvalue weighted by Crippen LogP contribution is 2.63. The van der Waals surface area contributed by atoms with E-state index in [1.54, 1.807) is 21.9 Å². The zero-order chi connectivity index (χ0) is 24.0.